The third kappa shape index (κ3) is 56.7. The number of piperidine rings is 2. The predicted molar refractivity (Wildman–Crippen MR) is 574 cm³/mol. The van der Waals surface area contributed by atoms with Gasteiger partial charge in [-0.1, -0.05) is 191 Å². The van der Waals surface area contributed by atoms with Crippen molar-refractivity contribution < 1.29 is 0 Å². The molecule has 0 radical (unpaired) electrons. The summed E-state index contributed by atoms with van der Waals surface area (Å²) in [4.78, 5) is 31.3. The number of hydrogen-bond acceptors (Lipinski definition) is 14. The topological polar surface area (TPSA) is 87.5 Å². The first kappa shape index (κ1) is 141. The van der Waals surface area contributed by atoms with Crippen LogP contribution in [0.3, 0.4) is 0 Å². The quantitative estimate of drug-likeness (QED) is 0.0999. The summed E-state index contributed by atoms with van der Waals surface area (Å²) in [5.41, 5.74) is 2.75. The molecule has 0 aliphatic carbocycles. The molecule has 4 N–H and O–H groups in total. The van der Waals surface area contributed by atoms with Crippen molar-refractivity contribution in [1.82, 2.24) is 74.8 Å². The van der Waals surface area contributed by atoms with Crippen molar-refractivity contribution in [2.45, 2.75) is 498 Å². The van der Waals surface area contributed by atoms with Crippen molar-refractivity contribution in [2.75, 3.05) is 131 Å². The van der Waals surface area contributed by atoms with E-state index in [0.717, 1.165) is 140 Å². The van der Waals surface area contributed by atoms with Crippen molar-refractivity contribution in [2.24, 2.45) is 65.1 Å². The highest BCUT2D eigenvalue weighted by Crippen LogP contribution is 2.30. The molecule has 1 aromatic rings. The molecule has 0 amide bonds. The zero-order chi connectivity index (χ0) is 87.8. The molecule has 4 atom stereocenters. The lowest BCUT2D eigenvalue weighted by Crippen LogP contribution is -2.60. The van der Waals surface area contributed by atoms with Crippen LogP contribution in [-0.4, -0.2) is 275 Å². The Morgan fingerprint density at radius 3 is 0.750 bits per heavy atom. The fourth-order valence-electron chi connectivity index (χ4n) is 17.5. The summed E-state index contributed by atoms with van der Waals surface area (Å²) in [6.45, 7) is 116. The Labute approximate surface area is 788 Å². The second-order valence-corrected chi connectivity index (χ2v) is 42.9. The average Bonchev–Trinajstić information content (AvgIpc) is 1.68. The molecule has 0 bridgehead atoms. The first-order valence-electron chi connectivity index (χ1n) is 49.2. The Balaban J connectivity index is -0.000000168. The maximum atomic E-state index is 3.58. The van der Waals surface area contributed by atoms with Gasteiger partial charge in [-0.3, -0.25) is 44.9 Å². The number of piperazine rings is 1. The number of hydrogen-bond donors (Lipinski definition) is 4. The Hall–Kier alpha value is -1.28. The number of nitrogens with zero attached hydrogens (tertiary/aromatic N) is 11. The molecular weight excluding hydrogens is 1520 g/mol. The van der Waals surface area contributed by atoms with Crippen LogP contribution in [0.1, 0.15) is 425 Å². The fraction of sp³-hybridized carbons (Fsp3) is 0.963. The van der Waals surface area contributed by atoms with Crippen molar-refractivity contribution in [1.29, 1.82) is 0 Å². The maximum absolute atomic E-state index is 3.58. The summed E-state index contributed by atoms with van der Waals surface area (Å²) in [5, 5.41) is 10.5. The lowest BCUT2D eigenvalue weighted by atomic mass is 9.86. The van der Waals surface area contributed by atoms with E-state index in [4.69, 9.17) is 0 Å². The summed E-state index contributed by atoms with van der Waals surface area (Å²) >= 11 is 0. The van der Waals surface area contributed by atoms with Gasteiger partial charge in [0.1, 0.15) is 0 Å². The molecular formula is C109H247N15. The van der Waals surface area contributed by atoms with E-state index in [1.165, 1.54) is 174 Å². The van der Waals surface area contributed by atoms with Gasteiger partial charge in [0.2, 0.25) is 0 Å². The van der Waals surface area contributed by atoms with Gasteiger partial charge in [-0.15, -0.1) is 0 Å². The minimum absolute atomic E-state index is 0. The van der Waals surface area contributed by atoms with E-state index in [9.17, 15) is 0 Å². The van der Waals surface area contributed by atoms with Gasteiger partial charge in [-0.25, -0.2) is 0 Å². The van der Waals surface area contributed by atoms with Crippen LogP contribution < -0.4 is 16.0 Å². The number of rotatable bonds is 20. The van der Waals surface area contributed by atoms with E-state index in [1.807, 2.05) is 0 Å². The molecule has 0 spiro atoms. The maximum Gasteiger partial charge on any atom is 0.0615 e. The van der Waals surface area contributed by atoms with Crippen LogP contribution in [-0.2, 0) is 0 Å². The largest absolute Gasteiger partial charge is 0.364 e. The summed E-state index contributed by atoms with van der Waals surface area (Å²) in [6, 6.07) is 11.8. The Bertz CT molecular complexity index is 1990. The first-order chi connectivity index (χ1) is 53.6. The second kappa shape index (κ2) is 75.1. The minimum Gasteiger partial charge on any atom is -0.364 e. The molecule has 15 nitrogen and oxygen atoms in total. The molecule has 9 saturated heterocycles. The molecule has 4 unspecified atom stereocenters. The highest BCUT2D eigenvalue weighted by atomic mass is 15.4. The molecule has 1 aromatic heterocycles. The molecule has 9 aliphatic heterocycles. The number of aromatic amines is 1. The van der Waals surface area contributed by atoms with Crippen molar-refractivity contribution >= 4 is 0 Å². The normalized spacial score (nSPS) is 21.6. The van der Waals surface area contributed by atoms with Gasteiger partial charge in [0, 0.05) is 156 Å². The lowest BCUT2D eigenvalue weighted by Gasteiger charge is -2.38. The summed E-state index contributed by atoms with van der Waals surface area (Å²) in [6.07, 6.45) is 15.2. The highest BCUT2D eigenvalue weighted by molar-refractivity contribution is 5.21. The molecule has 758 valence electrons. The van der Waals surface area contributed by atoms with Gasteiger partial charge >= 0.3 is 0 Å². The zero-order valence-corrected chi connectivity index (χ0v) is 85.2. The van der Waals surface area contributed by atoms with Crippen molar-refractivity contribution in [3.05, 3.63) is 23.5 Å². The molecule has 124 heavy (non-hydrogen) atoms. The number of nitrogens with one attached hydrogen (secondary N) is 4. The Kier molecular flexibility index (Phi) is 85.1. The molecule has 10 heterocycles. The van der Waals surface area contributed by atoms with Crippen LogP contribution >= 0.6 is 0 Å². The summed E-state index contributed by atoms with van der Waals surface area (Å²) < 4.78 is 0. The molecule has 0 aromatic carbocycles. The van der Waals surface area contributed by atoms with Gasteiger partial charge < -0.3 is 29.9 Å². The zero-order valence-electron chi connectivity index (χ0n) is 85.2. The van der Waals surface area contributed by atoms with Crippen LogP contribution in [0.2, 0.25) is 0 Å². The second-order valence-electron chi connectivity index (χ2n) is 42.9. The average molecular weight is 1770 g/mol. The molecule has 15 heteroatoms. The smallest absolute Gasteiger partial charge is 0.0615 e. The fourth-order valence-corrected chi connectivity index (χ4v) is 17.5. The van der Waals surface area contributed by atoms with Crippen LogP contribution in [0.15, 0.2) is 12.3 Å². The highest BCUT2D eigenvalue weighted by Gasteiger charge is 2.32. The van der Waals surface area contributed by atoms with Gasteiger partial charge in [0.15, 0.2) is 0 Å². The number of likely N-dealkylation sites (tertiary alicyclic amines) is 5. The van der Waals surface area contributed by atoms with Crippen molar-refractivity contribution in [3.63, 3.8) is 0 Å². The third-order valence-corrected chi connectivity index (χ3v) is 27.7. The van der Waals surface area contributed by atoms with Gasteiger partial charge in [-0.05, 0) is 344 Å². The lowest BCUT2D eigenvalue weighted by molar-refractivity contribution is 0.0887. The van der Waals surface area contributed by atoms with Crippen LogP contribution in [0.4, 0.5) is 0 Å². The number of H-pyrrole nitrogens is 1. The van der Waals surface area contributed by atoms with E-state index in [-0.39, 0.29) is 66.8 Å². The predicted octanol–water partition coefficient (Wildman–Crippen LogP) is 27.0. The van der Waals surface area contributed by atoms with Crippen LogP contribution in [0.25, 0.3) is 0 Å². The van der Waals surface area contributed by atoms with Gasteiger partial charge in [0.05, 0.1) is 26.2 Å². The van der Waals surface area contributed by atoms with Crippen LogP contribution in [0, 0.1) is 65.1 Å². The molecule has 10 rings (SSSR count). The van der Waals surface area contributed by atoms with Gasteiger partial charge in [0.25, 0.3) is 0 Å². The monoisotopic (exact) mass is 1770 g/mol. The summed E-state index contributed by atoms with van der Waals surface area (Å²) in [7, 11) is 0. The Morgan fingerprint density at radius 1 is 0.250 bits per heavy atom. The van der Waals surface area contributed by atoms with E-state index < -0.39 is 0 Å². The number of aromatic nitrogens is 1. The van der Waals surface area contributed by atoms with E-state index in [2.05, 4.69) is 364 Å². The summed E-state index contributed by atoms with van der Waals surface area (Å²) in [5.74, 6) is 10.9. The van der Waals surface area contributed by atoms with Crippen LogP contribution in [0.5, 0.6) is 0 Å². The molecule has 9 aliphatic rings. The van der Waals surface area contributed by atoms with E-state index in [1.54, 1.807) is 0 Å². The first-order valence-corrected chi connectivity index (χ1v) is 49.2. The standard InChI is InChI=1S/2C11H23N.2C10H22N2.C10H17N.3C10H21N.C9H21N3.C9H20N2.9CH4/c3*1-9(2)11-5-7-12(8-6-11)10(3)4;1-8(2)10-5-6-12(7-11-10)9(3)4;1-7(2)9-5-10(8(3)4)11-6-9;2*1-8(2)10-5-6-11(7-10)9(3)4;1-8(2)10-6-5-7-11(10)9(3)4;1-7(2)9-10-5-12(6-11-9)8(3)4;1-8(2)10-5-6-11(7-10)9(3)4;;;;;;;;;/h2*9-11H,5-8H2,1-4H3;9-10H,5-8H2,1-4H3;8-11H,5-7H2,1-4H3;5-8,11H,1-4H3;3*8-10H,5-7H2,1-4H3;7-11H,5-6H2,1-4H3;8-9H,5-7H2,1-4H3;9*1H4. The van der Waals surface area contributed by atoms with E-state index in [0.29, 0.717) is 48.1 Å². The van der Waals surface area contributed by atoms with Gasteiger partial charge in [-0.2, -0.15) is 0 Å². The molecule has 0 saturated carbocycles. The Morgan fingerprint density at radius 2 is 0.540 bits per heavy atom. The molecule has 9 fully saturated rings. The minimum atomic E-state index is 0. The van der Waals surface area contributed by atoms with E-state index >= 15 is 0 Å². The SMILES string of the molecule is C.C.C.C.C.C.C.C.C.CC(C)C1CCCN1C(C)C.CC(C)C1CCN(C(C)C)C1.CC(C)C1CCN(C(C)C)C1.CC(C)C1CCN(C(C)C)CC1.CC(C)C1CCN(C(C)C)CC1.CC(C)C1CCN(C(C)C)CN1.CC(C)C1NCN(C(C)C)CN1.CC(C)N1CCN(C(C)C)C1.CC(C)N1CCN(C(C)C)CC1.CC(C)c1c[nH]c(C(C)C)c1. The van der Waals surface area contributed by atoms with Crippen molar-refractivity contribution in [3.8, 4) is 0 Å². The third-order valence-electron chi connectivity index (χ3n) is 27.7.